The zero-order valence-corrected chi connectivity index (χ0v) is 16.3. The number of aromatic amines is 1. The summed E-state index contributed by atoms with van der Waals surface area (Å²) in [6, 6.07) is 7.43. The highest BCUT2D eigenvalue weighted by Crippen LogP contribution is 2.19. The number of carbonyl (C=O) groups excluding carboxylic acids is 1. The Bertz CT molecular complexity index is 885. The van der Waals surface area contributed by atoms with Gasteiger partial charge in [-0.3, -0.25) is 19.4 Å². The molecular weight excluding hydrogens is 358 g/mol. The average molecular weight is 385 g/mol. The molecule has 3 heterocycles. The Labute approximate surface area is 164 Å². The van der Waals surface area contributed by atoms with Gasteiger partial charge in [-0.05, 0) is 19.1 Å². The van der Waals surface area contributed by atoms with Gasteiger partial charge in [-0.2, -0.15) is 0 Å². The smallest absolute Gasteiger partial charge is 0.258 e. The maximum absolute atomic E-state index is 12.4. The summed E-state index contributed by atoms with van der Waals surface area (Å²) in [7, 11) is 0. The molecule has 0 spiro atoms. The zero-order valence-electron chi connectivity index (χ0n) is 16.3. The predicted octanol–water partition coefficient (Wildman–Crippen LogP) is 0.461. The number of aromatic nitrogens is 2. The molecule has 1 unspecified atom stereocenters. The number of carbonyl (C=O) groups is 1. The highest BCUT2D eigenvalue weighted by Gasteiger charge is 2.26. The lowest BCUT2D eigenvalue weighted by Gasteiger charge is -2.38. The number of nitrogens with zero attached hydrogens (tertiary/aromatic N) is 4. The molecule has 2 fully saturated rings. The van der Waals surface area contributed by atoms with Crippen molar-refractivity contribution in [3.05, 3.63) is 40.4 Å². The fraction of sp³-hybridized carbons (Fsp3) is 0.550. The van der Waals surface area contributed by atoms with Gasteiger partial charge >= 0.3 is 0 Å². The second-order valence-corrected chi connectivity index (χ2v) is 7.45. The van der Waals surface area contributed by atoms with Gasteiger partial charge in [-0.15, -0.1) is 0 Å². The first-order valence-electron chi connectivity index (χ1n) is 9.93. The van der Waals surface area contributed by atoms with Gasteiger partial charge in [0.2, 0.25) is 5.91 Å². The van der Waals surface area contributed by atoms with Crippen LogP contribution < -0.4 is 5.56 Å². The summed E-state index contributed by atoms with van der Waals surface area (Å²) in [6.07, 6.45) is 0. The van der Waals surface area contributed by atoms with Crippen LogP contribution in [0, 0.1) is 0 Å². The molecule has 8 nitrogen and oxygen atoms in total. The van der Waals surface area contributed by atoms with Crippen LogP contribution in [0.1, 0.15) is 18.8 Å². The standard InChI is InChI=1S/C20H27N5O3/c1-15(19-21-17-5-3-2-4-16(17)20(27)22-19)24-8-6-23(7-9-24)14-18(26)25-10-12-28-13-11-25/h2-5,15H,6-14H2,1H3,(H,21,22,27). The largest absolute Gasteiger partial charge is 0.378 e. The van der Waals surface area contributed by atoms with Crippen molar-refractivity contribution >= 4 is 16.8 Å². The van der Waals surface area contributed by atoms with Gasteiger partial charge in [0.05, 0.1) is 36.7 Å². The number of ether oxygens (including phenoxy) is 1. The molecule has 1 amide bonds. The Kier molecular flexibility index (Phi) is 5.70. The van der Waals surface area contributed by atoms with Crippen molar-refractivity contribution < 1.29 is 9.53 Å². The zero-order chi connectivity index (χ0) is 19.5. The number of rotatable bonds is 4. The molecule has 2 saturated heterocycles. The first-order chi connectivity index (χ1) is 13.6. The van der Waals surface area contributed by atoms with Crippen molar-refractivity contribution in [1.29, 1.82) is 0 Å². The van der Waals surface area contributed by atoms with E-state index >= 15 is 0 Å². The number of para-hydroxylation sites is 1. The van der Waals surface area contributed by atoms with E-state index in [0.717, 1.165) is 31.7 Å². The van der Waals surface area contributed by atoms with Crippen LogP contribution in [-0.4, -0.2) is 89.6 Å². The minimum absolute atomic E-state index is 0.0226. The molecule has 0 bridgehead atoms. The van der Waals surface area contributed by atoms with Crippen molar-refractivity contribution in [2.45, 2.75) is 13.0 Å². The number of H-pyrrole nitrogens is 1. The van der Waals surface area contributed by atoms with E-state index in [1.807, 2.05) is 23.1 Å². The third-order valence-electron chi connectivity index (χ3n) is 5.70. The summed E-state index contributed by atoms with van der Waals surface area (Å²) in [6.45, 7) is 8.53. The molecule has 1 N–H and O–H groups in total. The maximum atomic E-state index is 12.4. The molecule has 1 aromatic carbocycles. The molecule has 0 aliphatic carbocycles. The minimum Gasteiger partial charge on any atom is -0.378 e. The SMILES string of the molecule is CC(c1nc2ccccc2c(=O)[nH]1)N1CCN(CC(=O)N2CCOCC2)CC1. The van der Waals surface area contributed by atoms with Crippen molar-refractivity contribution in [2.75, 3.05) is 59.0 Å². The van der Waals surface area contributed by atoms with Crippen molar-refractivity contribution in [1.82, 2.24) is 24.7 Å². The fourth-order valence-electron chi connectivity index (χ4n) is 3.89. The first kappa shape index (κ1) is 19.0. The Morgan fingerprint density at radius 3 is 2.61 bits per heavy atom. The normalized spacial score (nSPS) is 20.4. The highest BCUT2D eigenvalue weighted by atomic mass is 16.5. The Morgan fingerprint density at radius 1 is 1.14 bits per heavy atom. The molecule has 1 atom stereocenters. The van der Waals surface area contributed by atoms with Crippen LogP contribution in [0.3, 0.4) is 0 Å². The number of fused-ring (bicyclic) bond motifs is 1. The summed E-state index contributed by atoms with van der Waals surface area (Å²) >= 11 is 0. The minimum atomic E-state index is -0.0952. The van der Waals surface area contributed by atoms with Crippen LogP contribution in [0.4, 0.5) is 0 Å². The molecule has 0 radical (unpaired) electrons. The number of amides is 1. The summed E-state index contributed by atoms with van der Waals surface area (Å²) in [4.78, 5) is 38.8. The van der Waals surface area contributed by atoms with Crippen LogP contribution in [0.2, 0.25) is 0 Å². The second kappa shape index (κ2) is 8.38. The van der Waals surface area contributed by atoms with E-state index in [1.54, 1.807) is 6.07 Å². The molecule has 2 aliphatic rings. The van der Waals surface area contributed by atoms with E-state index in [-0.39, 0.29) is 17.5 Å². The van der Waals surface area contributed by atoms with Gasteiger partial charge < -0.3 is 14.6 Å². The van der Waals surface area contributed by atoms with Gasteiger partial charge in [0.15, 0.2) is 0 Å². The fourth-order valence-corrected chi connectivity index (χ4v) is 3.89. The number of morpholine rings is 1. The van der Waals surface area contributed by atoms with Crippen LogP contribution in [0.25, 0.3) is 10.9 Å². The van der Waals surface area contributed by atoms with E-state index in [2.05, 4.69) is 26.7 Å². The van der Waals surface area contributed by atoms with Crippen molar-refractivity contribution in [3.63, 3.8) is 0 Å². The number of benzene rings is 1. The number of piperazine rings is 1. The summed E-state index contributed by atoms with van der Waals surface area (Å²) in [5.74, 6) is 0.881. The average Bonchev–Trinajstić information content (AvgIpc) is 2.74. The van der Waals surface area contributed by atoms with Gasteiger partial charge in [-0.1, -0.05) is 12.1 Å². The van der Waals surface area contributed by atoms with Gasteiger partial charge in [0.1, 0.15) is 5.82 Å². The Hall–Kier alpha value is -2.29. The number of nitrogens with one attached hydrogen (secondary N) is 1. The Balaban J connectivity index is 1.35. The molecule has 4 rings (SSSR count). The molecular formula is C20H27N5O3. The first-order valence-corrected chi connectivity index (χ1v) is 9.93. The van der Waals surface area contributed by atoms with Crippen molar-refractivity contribution in [3.8, 4) is 0 Å². The van der Waals surface area contributed by atoms with Crippen LogP contribution in [-0.2, 0) is 9.53 Å². The van der Waals surface area contributed by atoms with Gasteiger partial charge in [0.25, 0.3) is 5.56 Å². The lowest BCUT2D eigenvalue weighted by molar-refractivity contribution is -0.137. The summed E-state index contributed by atoms with van der Waals surface area (Å²) in [5.41, 5.74) is 0.630. The third-order valence-corrected chi connectivity index (χ3v) is 5.70. The predicted molar refractivity (Wildman–Crippen MR) is 106 cm³/mol. The van der Waals surface area contributed by atoms with Gasteiger partial charge in [0, 0.05) is 39.3 Å². The van der Waals surface area contributed by atoms with E-state index in [4.69, 9.17) is 4.74 Å². The lowest BCUT2D eigenvalue weighted by Crippen LogP contribution is -2.52. The monoisotopic (exact) mass is 385 g/mol. The van der Waals surface area contributed by atoms with Gasteiger partial charge in [-0.25, -0.2) is 4.98 Å². The molecule has 8 heteroatoms. The van der Waals surface area contributed by atoms with Crippen LogP contribution in [0.15, 0.2) is 29.1 Å². The number of hydrogen-bond acceptors (Lipinski definition) is 6. The highest BCUT2D eigenvalue weighted by molar-refractivity contribution is 5.78. The summed E-state index contributed by atoms with van der Waals surface area (Å²) < 4.78 is 5.31. The molecule has 2 aliphatic heterocycles. The Morgan fingerprint density at radius 2 is 1.86 bits per heavy atom. The molecule has 150 valence electrons. The second-order valence-electron chi connectivity index (χ2n) is 7.45. The third kappa shape index (κ3) is 4.09. The lowest BCUT2D eigenvalue weighted by atomic mass is 10.2. The molecule has 1 aromatic heterocycles. The topological polar surface area (TPSA) is 81.8 Å². The molecule has 0 saturated carbocycles. The van der Waals surface area contributed by atoms with E-state index in [0.29, 0.717) is 44.1 Å². The maximum Gasteiger partial charge on any atom is 0.258 e. The van der Waals surface area contributed by atoms with E-state index in [1.165, 1.54) is 0 Å². The van der Waals surface area contributed by atoms with E-state index in [9.17, 15) is 9.59 Å². The molecule has 28 heavy (non-hydrogen) atoms. The molecule has 2 aromatic rings. The summed E-state index contributed by atoms with van der Waals surface area (Å²) in [5, 5.41) is 0.616. The van der Waals surface area contributed by atoms with Crippen molar-refractivity contribution in [2.24, 2.45) is 0 Å². The van der Waals surface area contributed by atoms with Crippen LogP contribution >= 0.6 is 0 Å². The quantitative estimate of drug-likeness (QED) is 0.824. The van der Waals surface area contributed by atoms with Crippen LogP contribution in [0.5, 0.6) is 0 Å². The van der Waals surface area contributed by atoms with E-state index < -0.39 is 0 Å². The number of hydrogen-bond donors (Lipinski definition) is 1.